The van der Waals surface area contributed by atoms with E-state index in [2.05, 4.69) is 66.5 Å². The van der Waals surface area contributed by atoms with Gasteiger partial charge in [-0.05, 0) is 49.5 Å². The van der Waals surface area contributed by atoms with Crippen LogP contribution in [0.25, 0.3) is 0 Å². The van der Waals surface area contributed by atoms with Gasteiger partial charge < -0.3 is 0 Å². The van der Waals surface area contributed by atoms with E-state index >= 15 is 0 Å². The van der Waals surface area contributed by atoms with Gasteiger partial charge in [0, 0.05) is 11.5 Å². The number of likely N-dealkylation sites (N-methyl/N-ethyl adjacent to an activating group) is 1. The summed E-state index contributed by atoms with van der Waals surface area (Å²) in [7, 11) is 2.30. The fraction of sp³-hybridized carbons (Fsp3) is 0.368. The highest BCUT2D eigenvalue weighted by Crippen LogP contribution is 2.54. The number of piperidine rings is 1. The lowest BCUT2D eigenvalue weighted by Gasteiger charge is -2.46. The SMILES string of the molecule is CN1CCC[C@]2(c3ccccc3)Cc3ccccc3[C@H]12. The molecule has 20 heavy (non-hydrogen) atoms. The van der Waals surface area contributed by atoms with Crippen molar-refractivity contribution in [2.24, 2.45) is 0 Å². The third-order valence-corrected chi connectivity index (χ3v) is 5.30. The third-order valence-electron chi connectivity index (χ3n) is 5.30. The number of likely N-dealkylation sites (tertiary alicyclic amines) is 1. The fourth-order valence-electron chi connectivity index (χ4n) is 4.53. The second kappa shape index (κ2) is 4.46. The molecule has 1 heterocycles. The Kier molecular flexibility index (Phi) is 2.71. The third kappa shape index (κ3) is 1.59. The van der Waals surface area contributed by atoms with E-state index in [9.17, 15) is 0 Å². The Morgan fingerprint density at radius 2 is 1.75 bits per heavy atom. The first-order chi connectivity index (χ1) is 9.81. The summed E-state index contributed by atoms with van der Waals surface area (Å²) >= 11 is 0. The molecule has 0 N–H and O–H groups in total. The molecular formula is C19H21N. The number of rotatable bonds is 1. The monoisotopic (exact) mass is 263 g/mol. The zero-order valence-electron chi connectivity index (χ0n) is 12.0. The average Bonchev–Trinajstić information content (AvgIpc) is 2.85. The summed E-state index contributed by atoms with van der Waals surface area (Å²) < 4.78 is 0. The van der Waals surface area contributed by atoms with Gasteiger partial charge in [0.05, 0.1) is 0 Å². The van der Waals surface area contributed by atoms with Crippen LogP contribution in [-0.2, 0) is 11.8 Å². The molecule has 0 aromatic heterocycles. The maximum atomic E-state index is 2.57. The molecule has 1 heteroatoms. The number of nitrogens with zero attached hydrogens (tertiary/aromatic N) is 1. The van der Waals surface area contributed by atoms with Crippen LogP contribution in [0.1, 0.15) is 35.6 Å². The highest BCUT2D eigenvalue weighted by atomic mass is 15.2. The predicted molar refractivity (Wildman–Crippen MR) is 82.9 cm³/mol. The molecule has 2 aliphatic rings. The van der Waals surface area contributed by atoms with Crippen molar-refractivity contribution in [3.8, 4) is 0 Å². The average molecular weight is 263 g/mol. The van der Waals surface area contributed by atoms with Crippen molar-refractivity contribution in [2.75, 3.05) is 13.6 Å². The molecule has 0 spiro atoms. The van der Waals surface area contributed by atoms with Gasteiger partial charge in [0.25, 0.3) is 0 Å². The minimum Gasteiger partial charge on any atom is -0.298 e. The van der Waals surface area contributed by atoms with Gasteiger partial charge in [-0.2, -0.15) is 0 Å². The Bertz CT molecular complexity index is 619. The maximum absolute atomic E-state index is 2.57. The van der Waals surface area contributed by atoms with E-state index in [0.717, 1.165) is 0 Å². The standard InChI is InChI=1S/C19H21N/c1-20-13-7-12-19(16-9-3-2-4-10-16)14-15-8-5-6-11-17(15)18(19)20/h2-6,8-11,18H,7,12-14H2,1H3/t18-,19+/m0/s1. The van der Waals surface area contributed by atoms with Crippen LogP contribution in [0.5, 0.6) is 0 Å². The highest BCUT2D eigenvalue weighted by molar-refractivity contribution is 5.46. The first-order valence-corrected chi connectivity index (χ1v) is 7.65. The van der Waals surface area contributed by atoms with Crippen molar-refractivity contribution in [1.29, 1.82) is 0 Å². The van der Waals surface area contributed by atoms with Crippen LogP contribution in [0.3, 0.4) is 0 Å². The number of hydrogen-bond acceptors (Lipinski definition) is 1. The van der Waals surface area contributed by atoms with Crippen LogP contribution in [-0.4, -0.2) is 18.5 Å². The van der Waals surface area contributed by atoms with Gasteiger partial charge in [0.1, 0.15) is 0 Å². The quantitative estimate of drug-likeness (QED) is 0.753. The molecule has 2 aromatic rings. The number of benzene rings is 2. The molecule has 1 saturated heterocycles. The van der Waals surface area contributed by atoms with Crippen molar-refractivity contribution < 1.29 is 0 Å². The van der Waals surface area contributed by atoms with Crippen molar-refractivity contribution in [3.05, 3.63) is 71.3 Å². The van der Waals surface area contributed by atoms with Gasteiger partial charge in [-0.25, -0.2) is 0 Å². The molecule has 2 atom stereocenters. The molecule has 0 unspecified atom stereocenters. The topological polar surface area (TPSA) is 3.24 Å². The first-order valence-electron chi connectivity index (χ1n) is 7.65. The smallest absolute Gasteiger partial charge is 0.0447 e. The molecule has 0 saturated carbocycles. The van der Waals surface area contributed by atoms with Crippen molar-refractivity contribution >= 4 is 0 Å². The van der Waals surface area contributed by atoms with E-state index in [4.69, 9.17) is 0 Å². The summed E-state index contributed by atoms with van der Waals surface area (Å²) in [6.07, 6.45) is 3.80. The lowest BCUT2D eigenvalue weighted by molar-refractivity contribution is 0.103. The Morgan fingerprint density at radius 3 is 2.60 bits per heavy atom. The number of fused-ring (bicyclic) bond motifs is 3. The second-order valence-corrected chi connectivity index (χ2v) is 6.38. The van der Waals surface area contributed by atoms with E-state index in [1.165, 1.54) is 31.4 Å². The Labute approximate surface area is 121 Å². The Balaban J connectivity index is 1.90. The van der Waals surface area contributed by atoms with E-state index in [0.29, 0.717) is 6.04 Å². The van der Waals surface area contributed by atoms with Gasteiger partial charge in [0.2, 0.25) is 0 Å². The summed E-state index contributed by atoms with van der Waals surface area (Å²) in [6, 6.07) is 20.8. The Morgan fingerprint density at radius 1 is 1.00 bits per heavy atom. The molecule has 1 fully saturated rings. The molecule has 0 bridgehead atoms. The number of hydrogen-bond donors (Lipinski definition) is 0. The molecule has 1 aliphatic carbocycles. The summed E-state index contributed by atoms with van der Waals surface area (Å²) in [4.78, 5) is 2.57. The summed E-state index contributed by atoms with van der Waals surface area (Å²) in [5.41, 5.74) is 4.92. The molecular weight excluding hydrogens is 242 g/mol. The lowest BCUT2D eigenvalue weighted by atomic mass is 9.69. The van der Waals surface area contributed by atoms with E-state index in [-0.39, 0.29) is 5.41 Å². The fourth-order valence-corrected chi connectivity index (χ4v) is 4.53. The molecule has 2 aromatic carbocycles. The lowest BCUT2D eigenvalue weighted by Crippen LogP contribution is -2.45. The van der Waals surface area contributed by atoms with Crippen LogP contribution in [0.2, 0.25) is 0 Å². The van der Waals surface area contributed by atoms with Crippen molar-refractivity contribution in [3.63, 3.8) is 0 Å². The van der Waals surface area contributed by atoms with Crippen LogP contribution in [0.15, 0.2) is 54.6 Å². The largest absolute Gasteiger partial charge is 0.298 e. The van der Waals surface area contributed by atoms with Gasteiger partial charge in [-0.3, -0.25) is 4.90 Å². The zero-order chi connectivity index (χ0) is 13.6. The predicted octanol–water partition coefficient (Wildman–Crippen LogP) is 3.95. The molecule has 0 amide bonds. The Hall–Kier alpha value is -1.60. The second-order valence-electron chi connectivity index (χ2n) is 6.38. The van der Waals surface area contributed by atoms with E-state index < -0.39 is 0 Å². The maximum Gasteiger partial charge on any atom is 0.0447 e. The molecule has 0 radical (unpaired) electrons. The summed E-state index contributed by atoms with van der Waals surface area (Å²) in [6.45, 7) is 1.22. The van der Waals surface area contributed by atoms with Crippen LogP contribution >= 0.6 is 0 Å². The van der Waals surface area contributed by atoms with Gasteiger partial charge >= 0.3 is 0 Å². The van der Waals surface area contributed by atoms with Gasteiger partial charge in [-0.1, -0.05) is 54.6 Å². The van der Waals surface area contributed by atoms with Crippen molar-refractivity contribution in [1.82, 2.24) is 4.90 Å². The summed E-state index contributed by atoms with van der Waals surface area (Å²) in [5, 5.41) is 0. The first kappa shape index (κ1) is 12.2. The molecule has 1 nitrogen and oxygen atoms in total. The minimum absolute atomic E-state index is 0.290. The zero-order valence-corrected chi connectivity index (χ0v) is 12.0. The van der Waals surface area contributed by atoms with Crippen LogP contribution in [0.4, 0.5) is 0 Å². The van der Waals surface area contributed by atoms with E-state index in [1.807, 2.05) is 0 Å². The summed E-state index contributed by atoms with van der Waals surface area (Å²) in [5.74, 6) is 0. The van der Waals surface area contributed by atoms with Crippen molar-refractivity contribution in [2.45, 2.75) is 30.7 Å². The van der Waals surface area contributed by atoms with E-state index in [1.54, 1.807) is 11.1 Å². The normalized spacial score (nSPS) is 28.9. The van der Waals surface area contributed by atoms with Gasteiger partial charge in [-0.15, -0.1) is 0 Å². The van der Waals surface area contributed by atoms with Crippen LogP contribution in [0, 0.1) is 0 Å². The van der Waals surface area contributed by atoms with Gasteiger partial charge in [0.15, 0.2) is 0 Å². The molecule has 1 aliphatic heterocycles. The van der Waals surface area contributed by atoms with Crippen LogP contribution < -0.4 is 0 Å². The minimum atomic E-state index is 0.290. The molecule has 4 rings (SSSR count). The highest BCUT2D eigenvalue weighted by Gasteiger charge is 2.50. The molecule has 102 valence electrons.